The van der Waals surface area contributed by atoms with Gasteiger partial charge in [-0.1, -0.05) is 0 Å². The normalized spacial score (nSPS) is 12.5. The fourth-order valence-electron chi connectivity index (χ4n) is 1.13. The summed E-state index contributed by atoms with van der Waals surface area (Å²) in [6.07, 6.45) is 1.57. The van der Waals surface area contributed by atoms with Gasteiger partial charge in [-0.3, -0.25) is 9.78 Å². The molecule has 0 aromatic carbocycles. The number of carbonyl (C=O) groups is 1. The number of hydrogen-bond donors (Lipinski definition) is 2. The van der Waals surface area contributed by atoms with Gasteiger partial charge in [0.1, 0.15) is 6.04 Å². The monoisotopic (exact) mass is 180 g/mol. The molecule has 1 unspecified atom stereocenters. The molecule has 70 valence electrons. The van der Waals surface area contributed by atoms with Crippen LogP contribution in [0, 0.1) is 13.8 Å². The highest BCUT2D eigenvalue weighted by molar-refractivity contribution is 5.75. The van der Waals surface area contributed by atoms with Crippen LogP contribution in [-0.4, -0.2) is 16.1 Å². The number of hydrogen-bond acceptors (Lipinski definition) is 3. The molecule has 0 bridgehead atoms. The minimum absolute atomic E-state index is 0.625. The van der Waals surface area contributed by atoms with Gasteiger partial charge in [-0.2, -0.15) is 0 Å². The van der Waals surface area contributed by atoms with Crippen LogP contribution < -0.4 is 5.73 Å². The molecule has 0 fully saturated rings. The van der Waals surface area contributed by atoms with E-state index in [1.807, 2.05) is 13.8 Å². The van der Waals surface area contributed by atoms with Gasteiger partial charge in [-0.15, -0.1) is 0 Å². The summed E-state index contributed by atoms with van der Waals surface area (Å²) >= 11 is 0. The van der Waals surface area contributed by atoms with Gasteiger partial charge >= 0.3 is 5.97 Å². The SMILES string of the molecule is Cc1nccc(C(N)C(=O)O)c1C. The van der Waals surface area contributed by atoms with E-state index in [4.69, 9.17) is 10.8 Å². The zero-order valence-corrected chi connectivity index (χ0v) is 7.61. The number of nitrogens with zero attached hydrogens (tertiary/aromatic N) is 1. The summed E-state index contributed by atoms with van der Waals surface area (Å²) < 4.78 is 0. The van der Waals surface area contributed by atoms with E-state index in [0.29, 0.717) is 5.56 Å². The van der Waals surface area contributed by atoms with Crippen molar-refractivity contribution in [3.8, 4) is 0 Å². The molecule has 3 N–H and O–H groups in total. The van der Waals surface area contributed by atoms with Crippen molar-refractivity contribution in [2.45, 2.75) is 19.9 Å². The standard InChI is InChI=1S/C9H12N2O2/c1-5-6(2)11-4-3-7(5)8(10)9(12)13/h3-4,8H,10H2,1-2H3,(H,12,13). The summed E-state index contributed by atoms with van der Waals surface area (Å²) in [4.78, 5) is 14.7. The molecule has 1 heterocycles. The lowest BCUT2D eigenvalue weighted by Gasteiger charge is -2.10. The lowest BCUT2D eigenvalue weighted by molar-refractivity contribution is -0.138. The van der Waals surface area contributed by atoms with E-state index >= 15 is 0 Å². The molecule has 4 nitrogen and oxygen atoms in total. The number of aromatic nitrogens is 1. The Morgan fingerprint density at radius 2 is 2.23 bits per heavy atom. The van der Waals surface area contributed by atoms with Gasteiger partial charge in [-0.05, 0) is 31.0 Å². The zero-order valence-electron chi connectivity index (χ0n) is 7.61. The maximum absolute atomic E-state index is 10.6. The van der Waals surface area contributed by atoms with Crippen LogP contribution >= 0.6 is 0 Å². The van der Waals surface area contributed by atoms with Crippen LogP contribution in [0.3, 0.4) is 0 Å². The first-order valence-electron chi connectivity index (χ1n) is 3.94. The summed E-state index contributed by atoms with van der Waals surface area (Å²) in [6.45, 7) is 3.65. The predicted molar refractivity (Wildman–Crippen MR) is 48.3 cm³/mol. The van der Waals surface area contributed by atoms with Crippen molar-refractivity contribution in [2.24, 2.45) is 5.73 Å². The van der Waals surface area contributed by atoms with Crippen LogP contribution in [0.4, 0.5) is 0 Å². The second-order valence-corrected chi connectivity index (χ2v) is 2.93. The van der Waals surface area contributed by atoms with Crippen molar-refractivity contribution in [3.63, 3.8) is 0 Å². The Kier molecular flexibility index (Phi) is 2.63. The molecule has 0 aliphatic carbocycles. The van der Waals surface area contributed by atoms with Gasteiger partial charge in [-0.25, -0.2) is 0 Å². The van der Waals surface area contributed by atoms with E-state index in [9.17, 15) is 4.79 Å². The van der Waals surface area contributed by atoms with Gasteiger partial charge < -0.3 is 10.8 Å². The molecule has 0 radical (unpaired) electrons. The van der Waals surface area contributed by atoms with Crippen molar-refractivity contribution >= 4 is 5.97 Å². The van der Waals surface area contributed by atoms with Crippen molar-refractivity contribution in [1.29, 1.82) is 0 Å². The number of aliphatic carboxylic acids is 1. The number of nitrogens with two attached hydrogens (primary N) is 1. The highest BCUT2D eigenvalue weighted by Gasteiger charge is 2.16. The predicted octanol–water partition coefficient (Wildman–Crippen LogP) is 0.783. The molecule has 0 saturated heterocycles. The van der Waals surface area contributed by atoms with Crippen LogP contribution in [-0.2, 0) is 4.79 Å². The minimum Gasteiger partial charge on any atom is -0.480 e. The molecule has 1 aromatic rings. The molecular weight excluding hydrogens is 168 g/mol. The molecule has 1 aromatic heterocycles. The van der Waals surface area contributed by atoms with Gasteiger partial charge in [0, 0.05) is 11.9 Å². The van der Waals surface area contributed by atoms with Crippen molar-refractivity contribution in [2.75, 3.05) is 0 Å². The number of carboxylic acids is 1. The van der Waals surface area contributed by atoms with Crippen LogP contribution in [0.5, 0.6) is 0 Å². The van der Waals surface area contributed by atoms with E-state index in [-0.39, 0.29) is 0 Å². The minimum atomic E-state index is -1.02. The first kappa shape index (κ1) is 9.67. The van der Waals surface area contributed by atoms with E-state index in [1.54, 1.807) is 12.3 Å². The summed E-state index contributed by atoms with van der Waals surface area (Å²) in [5, 5.41) is 8.71. The molecule has 13 heavy (non-hydrogen) atoms. The zero-order chi connectivity index (χ0) is 10.0. The Bertz CT molecular complexity index is 336. The van der Waals surface area contributed by atoms with Crippen molar-refractivity contribution in [3.05, 3.63) is 29.1 Å². The highest BCUT2D eigenvalue weighted by atomic mass is 16.4. The first-order chi connectivity index (χ1) is 6.04. The van der Waals surface area contributed by atoms with E-state index in [1.165, 1.54) is 0 Å². The molecule has 4 heteroatoms. The van der Waals surface area contributed by atoms with E-state index in [0.717, 1.165) is 11.3 Å². The Labute approximate surface area is 76.4 Å². The Balaban J connectivity index is 3.15. The Morgan fingerprint density at radius 3 is 2.77 bits per heavy atom. The number of pyridine rings is 1. The fourth-order valence-corrected chi connectivity index (χ4v) is 1.13. The molecule has 0 spiro atoms. The largest absolute Gasteiger partial charge is 0.480 e. The summed E-state index contributed by atoms with van der Waals surface area (Å²) in [6, 6.07) is 0.683. The third-order valence-corrected chi connectivity index (χ3v) is 2.10. The summed E-state index contributed by atoms with van der Waals surface area (Å²) in [5.41, 5.74) is 7.76. The summed E-state index contributed by atoms with van der Waals surface area (Å²) in [5.74, 6) is -1.02. The quantitative estimate of drug-likeness (QED) is 0.705. The lowest BCUT2D eigenvalue weighted by Crippen LogP contribution is -2.22. The average Bonchev–Trinajstić information content (AvgIpc) is 2.08. The van der Waals surface area contributed by atoms with Crippen LogP contribution in [0.25, 0.3) is 0 Å². The Hall–Kier alpha value is -1.42. The van der Waals surface area contributed by atoms with Crippen LogP contribution in [0.15, 0.2) is 12.3 Å². The highest BCUT2D eigenvalue weighted by Crippen LogP contribution is 2.16. The van der Waals surface area contributed by atoms with Gasteiger partial charge in [0.25, 0.3) is 0 Å². The van der Waals surface area contributed by atoms with Gasteiger partial charge in [0.2, 0.25) is 0 Å². The maximum Gasteiger partial charge on any atom is 0.325 e. The average molecular weight is 180 g/mol. The maximum atomic E-state index is 10.6. The van der Waals surface area contributed by atoms with Crippen LogP contribution in [0.1, 0.15) is 22.9 Å². The van der Waals surface area contributed by atoms with E-state index in [2.05, 4.69) is 4.98 Å². The van der Waals surface area contributed by atoms with E-state index < -0.39 is 12.0 Å². The van der Waals surface area contributed by atoms with Gasteiger partial charge in [0.05, 0.1) is 0 Å². The number of rotatable bonds is 2. The lowest BCUT2D eigenvalue weighted by atomic mass is 10.0. The third-order valence-electron chi connectivity index (χ3n) is 2.10. The second-order valence-electron chi connectivity index (χ2n) is 2.93. The molecular formula is C9H12N2O2. The molecule has 0 aliphatic rings. The molecule has 0 saturated carbocycles. The second kappa shape index (κ2) is 3.53. The third kappa shape index (κ3) is 1.84. The smallest absolute Gasteiger partial charge is 0.325 e. The molecule has 1 rings (SSSR count). The molecule has 0 aliphatic heterocycles. The Morgan fingerprint density at radius 1 is 1.62 bits per heavy atom. The van der Waals surface area contributed by atoms with Crippen LogP contribution in [0.2, 0.25) is 0 Å². The van der Waals surface area contributed by atoms with Crippen molar-refractivity contribution in [1.82, 2.24) is 4.98 Å². The number of aryl methyl sites for hydroxylation is 1. The van der Waals surface area contributed by atoms with Crippen molar-refractivity contribution < 1.29 is 9.90 Å². The first-order valence-corrected chi connectivity index (χ1v) is 3.94. The molecule has 0 amide bonds. The number of carboxylic acid groups (broad SMARTS) is 1. The summed E-state index contributed by atoms with van der Waals surface area (Å²) in [7, 11) is 0. The molecule has 1 atom stereocenters. The topological polar surface area (TPSA) is 76.2 Å². The van der Waals surface area contributed by atoms with Gasteiger partial charge in [0.15, 0.2) is 0 Å². The fraction of sp³-hybridized carbons (Fsp3) is 0.333.